The van der Waals surface area contributed by atoms with E-state index in [4.69, 9.17) is 15.6 Å². The lowest BCUT2D eigenvalue weighted by molar-refractivity contribution is -0.0869. The van der Waals surface area contributed by atoms with Gasteiger partial charge in [0, 0.05) is 6.20 Å². The van der Waals surface area contributed by atoms with Gasteiger partial charge in [0.2, 0.25) is 0 Å². The lowest BCUT2D eigenvalue weighted by Crippen LogP contribution is -2.59. The van der Waals surface area contributed by atoms with Gasteiger partial charge in [-0.25, -0.2) is 4.79 Å². The molecule has 0 radical (unpaired) electrons. The van der Waals surface area contributed by atoms with Crippen molar-refractivity contribution in [1.82, 2.24) is 10.2 Å². The van der Waals surface area contributed by atoms with E-state index in [9.17, 15) is 15.0 Å². The molecule has 18 heavy (non-hydrogen) atoms. The van der Waals surface area contributed by atoms with E-state index in [0.717, 1.165) is 4.90 Å². The van der Waals surface area contributed by atoms with Crippen LogP contribution in [-0.4, -0.2) is 63.6 Å². The highest BCUT2D eigenvalue weighted by Gasteiger charge is 2.48. The summed E-state index contributed by atoms with van der Waals surface area (Å²) in [5.74, 6) is 0. The van der Waals surface area contributed by atoms with Crippen molar-refractivity contribution in [3.63, 3.8) is 0 Å². The van der Waals surface area contributed by atoms with Crippen LogP contribution >= 0.6 is 12.4 Å². The minimum atomic E-state index is -1.31. The molecule has 9 heteroatoms. The molecule has 0 saturated carbocycles. The van der Waals surface area contributed by atoms with E-state index >= 15 is 0 Å². The quantitative estimate of drug-likeness (QED) is 0.386. The molecule has 0 aromatic rings. The fourth-order valence-corrected chi connectivity index (χ4v) is 1.92. The maximum Gasteiger partial charge on any atom is 0.325 e. The molecule has 0 spiro atoms. The summed E-state index contributed by atoms with van der Waals surface area (Å²) in [6.07, 6.45) is -2.43. The molecule has 104 valence electrons. The van der Waals surface area contributed by atoms with Crippen LogP contribution in [0.1, 0.15) is 0 Å². The molecule has 5 atom stereocenters. The Morgan fingerprint density at radius 1 is 1.44 bits per heavy atom. The molecule has 8 nitrogen and oxygen atoms in total. The maximum atomic E-state index is 11.6. The van der Waals surface area contributed by atoms with Gasteiger partial charge >= 0.3 is 6.03 Å². The summed E-state index contributed by atoms with van der Waals surface area (Å²) in [6.45, 7) is -0.449. The Morgan fingerprint density at radius 3 is 2.61 bits per heavy atom. The zero-order chi connectivity index (χ0) is 12.6. The van der Waals surface area contributed by atoms with Gasteiger partial charge in [-0.3, -0.25) is 4.90 Å². The molecule has 2 heterocycles. The molecule has 2 rings (SSSR count). The summed E-state index contributed by atoms with van der Waals surface area (Å²) in [5.41, 5.74) is 5.69. The van der Waals surface area contributed by atoms with E-state index in [1.54, 1.807) is 0 Å². The Kier molecular flexibility index (Phi) is 4.91. The van der Waals surface area contributed by atoms with Crippen molar-refractivity contribution in [2.45, 2.75) is 30.7 Å². The van der Waals surface area contributed by atoms with Crippen molar-refractivity contribution in [2.75, 3.05) is 6.61 Å². The van der Waals surface area contributed by atoms with Crippen molar-refractivity contribution in [3.8, 4) is 0 Å². The van der Waals surface area contributed by atoms with Gasteiger partial charge in [-0.05, 0) is 6.08 Å². The fraction of sp³-hybridized carbons (Fsp3) is 0.667. The Bertz CT molecular complexity index is 342. The predicted octanol–water partition coefficient (Wildman–Crippen LogP) is -2.33. The van der Waals surface area contributed by atoms with Gasteiger partial charge in [-0.2, -0.15) is 0 Å². The van der Waals surface area contributed by atoms with Gasteiger partial charge < -0.3 is 31.1 Å². The minimum absolute atomic E-state index is 0. The smallest absolute Gasteiger partial charge is 0.325 e. The molecule has 0 aromatic heterocycles. The normalized spacial score (nSPS) is 39.4. The highest BCUT2D eigenvalue weighted by atomic mass is 35.5. The fourth-order valence-electron chi connectivity index (χ4n) is 1.92. The standard InChI is InChI=1S/C9H15N3O5.ClH/c10-5-1-2-11-9(16)12(5)8-7(15)6(14)4(3-13)17-8;/h1-2,4-8,13-15H,3,10H2,(H,11,16);1H/t4-,5?,6-,7+,8?;/m1./s1. The van der Waals surface area contributed by atoms with Crippen molar-refractivity contribution >= 4 is 18.4 Å². The van der Waals surface area contributed by atoms with E-state index in [1.807, 2.05) is 0 Å². The number of nitrogens with two attached hydrogens (primary N) is 1. The molecule has 1 fully saturated rings. The Balaban J connectivity index is 0.00000162. The van der Waals surface area contributed by atoms with E-state index in [2.05, 4.69) is 5.32 Å². The Hall–Kier alpha value is -0.900. The number of hydrogen-bond donors (Lipinski definition) is 5. The number of ether oxygens (including phenoxy) is 1. The largest absolute Gasteiger partial charge is 0.394 e. The van der Waals surface area contributed by atoms with Gasteiger partial charge in [-0.15, -0.1) is 12.4 Å². The molecule has 2 aliphatic rings. The van der Waals surface area contributed by atoms with E-state index in [0.29, 0.717) is 0 Å². The van der Waals surface area contributed by atoms with Gasteiger partial charge in [0.15, 0.2) is 6.23 Å². The molecule has 2 amide bonds. The van der Waals surface area contributed by atoms with Crippen LogP contribution in [0.4, 0.5) is 4.79 Å². The molecule has 2 unspecified atom stereocenters. The van der Waals surface area contributed by atoms with E-state index in [-0.39, 0.29) is 12.4 Å². The molecule has 6 N–H and O–H groups in total. The summed E-state index contributed by atoms with van der Waals surface area (Å²) in [6, 6.07) is -0.533. The minimum Gasteiger partial charge on any atom is -0.394 e. The summed E-state index contributed by atoms with van der Waals surface area (Å²) >= 11 is 0. The third-order valence-electron chi connectivity index (χ3n) is 2.85. The number of nitrogens with zero attached hydrogens (tertiary/aromatic N) is 1. The van der Waals surface area contributed by atoms with Crippen LogP contribution in [0.5, 0.6) is 0 Å². The number of aliphatic hydroxyl groups is 3. The molecular formula is C9H16ClN3O5. The van der Waals surface area contributed by atoms with Crippen molar-refractivity contribution in [2.24, 2.45) is 5.73 Å². The topological polar surface area (TPSA) is 128 Å². The van der Waals surface area contributed by atoms with Crippen LogP contribution in [0.15, 0.2) is 12.3 Å². The Labute approximate surface area is 109 Å². The second kappa shape index (κ2) is 5.83. The zero-order valence-electron chi connectivity index (χ0n) is 9.34. The number of carbonyl (C=O) groups is 1. The lowest BCUT2D eigenvalue weighted by Gasteiger charge is -2.35. The van der Waals surface area contributed by atoms with Gasteiger partial charge in [0.25, 0.3) is 0 Å². The molecule has 1 saturated heterocycles. The summed E-state index contributed by atoms with van der Waals surface area (Å²) in [5, 5.41) is 30.7. The number of nitrogens with one attached hydrogen (secondary N) is 1. The van der Waals surface area contributed by atoms with Crippen molar-refractivity contribution in [1.29, 1.82) is 0 Å². The lowest BCUT2D eigenvalue weighted by atomic mass is 10.1. The molecule has 0 bridgehead atoms. The van der Waals surface area contributed by atoms with Crippen molar-refractivity contribution in [3.05, 3.63) is 12.3 Å². The second-order valence-electron chi connectivity index (χ2n) is 3.94. The van der Waals surface area contributed by atoms with Crippen LogP contribution in [0, 0.1) is 0 Å². The highest BCUT2D eigenvalue weighted by molar-refractivity contribution is 5.85. The third-order valence-corrected chi connectivity index (χ3v) is 2.85. The average molecular weight is 282 g/mol. The first-order valence-electron chi connectivity index (χ1n) is 5.20. The predicted molar refractivity (Wildman–Crippen MR) is 62.5 cm³/mol. The average Bonchev–Trinajstić information content (AvgIpc) is 2.57. The van der Waals surface area contributed by atoms with Crippen molar-refractivity contribution < 1.29 is 24.9 Å². The number of carbonyl (C=O) groups excluding carboxylic acids is 1. The molecular weight excluding hydrogens is 266 g/mol. The maximum absolute atomic E-state index is 11.6. The monoisotopic (exact) mass is 281 g/mol. The zero-order valence-corrected chi connectivity index (χ0v) is 10.2. The Morgan fingerprint density at radius 2 is 2.11 bits per heavy atom. The summed E-state index contributed by atoms with van der Waals surface area (Å²) in [7, 11) is 0. The number of aliphatic hydroxyl groups excluding tert-OH is 3. The van der Waals surface area contributed by atoms with Gasteiger partial charge in [0.1, 0.15) is 24.5 Å². The van der Waals surface area contributed by atoms with Crippen LogP contribution in [0.2, 0.25) is 0 Å². The summed E-state index contributed by atoms with van der Waals surface area (Å²) in [4.78, 5) is 12.7. The first kappa shape index (κ1) is 15.2. The highest BCUT2D eigenvalue weighted by Crippen LogP contribution is 2.25. The molecule has 0 aromatic carbocycles. The van der Waals surface area contributed by atoms with Gasteiger partial charge in [-0.1, -0.05) is 0 Å². The third kappa shape index (κ3) is 2.44. The van der Waals surface area contributed by atoms with Crippen LogP contribution in [0.3, 0.4) is 0 Å². The first-order chi connectivity index (χ1) is 8.06. The van der Waals surface area contributed by atoms with Gasteiger partial charge in [0.05, 0.1) is 6.61 Å². The van der Waals surface area contributed by atoms with E-state index < -0.39 is 43.3 Å². The number of halogens is 1. The molecule has 0 aliphatic carbocycles. The van der Waals surface area contributed by atoms with Crippen LogP contribution < -0.4 is 11.1 Å². The second-order valence-corrected chi connectivity index (χ2v) is 3.94. The number of amides is 2. The van der Waals surface area contributed by atoms with Crippen LogP contribution in [0.25, 0.3) is 0 Å². The number of hydrogen-bond acceptors (Lipinski definition) is 6. The SMILES string of the molecule is Cl.NC1C=CNC(=O)N1C1O[C@H](CO)[C@@H](O)[C@@H]1O. The summed E-state index contributed by atoms with van der Waals surface area (Å²) < 4.78 is 5.22. The van der Waals surface area contributed by atoms with Crippen LogP contribution in [-0.2, 0) is 4.74 Å². The van der Waals surface area contributed by atoms with E-state index in [1.165, 1.54) is 12.3 Å². The number of rotatable bonds is 2. The molecule has 2 aliphatic heterocycles. The first-order valence-corrected chi connectivity index (χ1v) is 5.20. The number of urea groups is 1.